The second-order valence-electron chi connectivity index (χ2n) is 8.58. The van der Waals surface area contributed by atoms with Crippen LogP contribution in [-0.2, 0) is 11.8 Å². The summed E-state index contributed by atoms with van der Waals surface area (Å²) in [6, 6.07) is 5.44. The molecule has 0 saturated heterocycles. The lowest BCUT2D eigenvalue weighted by Crippen LogP contribution is -2.41. The van der Waals surface area contributed by atoms with Gasteiger partial charge in [-0.25, -0.2) is 4.79 Å². The number of hydrogen-bond acceptors (Lipinski definition) is 6. The molecule has 0 unspecified atom stereocenters. The van der Waals surface area contributed by atoms with Crippen molar-refractivity contribution in [1.29, 1.82) is 0 Å². The van der Waals surface area contributed by atoms with Crippen LogP contribution in [0.5, 0.6) is 11.5 Å². The largest absolute Gasteiger partial charge is 0.454 e. The average Bonchev–Trinajstić information content (AvgIpc) is 3.11. The van der Waals surface area contributed by atoms with E-state index in [0.29, 0.717) is 41.3 Å². The van der Waals surface area contributed by atoms with Crippen LogP contribution in [0.4, 0.5) is 5.82 Å². The van der Waals surface area contributed by atoms with Crippen LogP contribution < -0.4 is 26.0 Å². The van der Waals surface area contributed by atoms with E-state index < -0.39 is 17.2 Å². The average molecular weight is 395 g/mol. The fraction of sp³-hybridized carbons (Fsp3) is 0.381. The summed E-state index contributed by atoms with van der Waals surface area (Å²) in [4.78, 5) is 40.6. The molecule has 8 nitrogen and oxygen atoms in total. The second-order valence-corrected chi connectivity index (χ2v) is 8.58. The molecule has 2 N–H and O–H groups in total. The summed E-state index contributed by atoms with van der Waals surface area (Å²) in [5.41, 5.74) is 1.25. The Morgan fingerprint density at radius 3 is 2.66 bits per heavy atom. The first-order valence-corrected chi connectivity index (χ1v) is 9.51. The number of fused-ring (bicyclic) bond motifs is 2. The third-order valence-electron chi connectivity index (χ3n) is 5.86. The molecule has 150 valence electrons. The number of ether oxygens (including phenoxy) is 2. The molecule has 8 heteroatoms. The number of anilines is 1. The molecule has 3 aliphatic rings. The highest BCUT2D eigenvalue weighted by Crippen LogP contribution is 2.48. The number of rotatable bonds is 1. The first kappa shape index (κ1) is 17.8. The highest BCUT2D eigenvalue weighted by molar-refractivity contribution is 6.01. The molecule has 29 heavy (non-hydrogen) atoms. The van der Waals surface area contributed by atoms with Gasteiger partial charge in [-0.2, -0.15) is 0 Å². The monoisotopic (exact) mass is 395 g/mol. The minimum atomic E-state index is -0.588. The number of aromatic nitrogens is 2. The van der Waals surface area contributed by atoms with E-state index in [0.717, 1.165) is 11.3 Å². The van der Waals surface area contributed by atoms with Gasteiger partial charge in [0.2, 0.25) is 6.79 Å². The van der Waals surface area contributed by atoms with Crippen molar-refractivity contribution in [1.82, 2.24) is 9.55 Å². The van der Waals surface area contributed by atoms with E-state index in [4.69, 9.17) is 9.47 Å². The summed E-state index contributed by atoms with van der Waals surface area (Å²) < 4.78 is 12.3. The van der Waals surface area contributed by atoms with Gasteiger partial charge in [0.25, 0.3) is 5.56 Å². The van der Waals surface area contributed by atoms with Crippen molar-refractivity contribution in [2.24, 2.45) is 12.5 Å². The van der Waals surface area contributed by atoms with Crippen molar-refractivity contribution in [3.8, 4) is 11.5 Å². The molecule has 0 radical (unpaired) electrons. The molecule has 0 bridgehead atoms. The molecule has 2 aliphatic heterocycles. The first-order chi connectivity index (χ1) is 13.7. The Bertz CT molecular complexity index is 1220. The van der Waals surface area contributed by atoms with Crippen LogP contribution >= 0.6 is 0 Å². The van der Waals surface area contributed by atoms with Gasteiger partial charge in [-0.1, -0.05) is 19.9 Å². The van der Waals surface area contributed by atoms with Gasteiger partial charge in [0.05, 0.1) is 5.56 Å². The van der Waals surface area contributed by atoms with Crippen molar-refractivity contribution in [3.63, 3.8) is 0 Å². The zero-order valence-electron chi connectivity index (χ0n) is 16.4. The highest BCUT2D eigenvalue weighted by Gasteiger charge is 2.42. The number of aromatic amines is 1. The van der Waals surface area contributed by atoms with Gasteiger partial charge in [-0.05, 0) is 29.5 Å². The number of nitrogens with zero attached hydrogens (tertiary/aromatic N) is 1. The topological polar surface area (TPSA) is 102 Å². The lowest BCUT2D eigenvalue weighted by atomic mass is 9.69. The summed E-state index contributed by atoms with van der Waals surface area (Å²) in [7, 11) is 1.60. The van der Waals surface area contributed by atoms with Gasteiger partial charge in [-0.15, -0.1) is 0 Å². The minimum Gasteiger partial charge on any atom is -0.454 e. The summed E-state index contributed by atoms with van der Waals surface area (Å²) in [6.45, 7) is 4.22. The molecule has 1 aromatic carbocycles. The minimum absolute atomic E-state index is 0.00493. The van der Waals surface area contributed by atoms with E-state index in [9.17, 15) is 14.4 Å². The fourth-order valence-corrected chi connectivity index (χ4v) is 4.55. The van der Waals surface area contributed by atoms with Crippen LogP contribution in [0.25, 0.3) is 0 Å². The van der Waals surface area contributed by atoms with Crippen LogP contribution in [0.3, 0.4) is 0 Å². The van der Waals surface area contributed by atoms with Crippen LogP contribution in [0, 0.1) is 5.41 Å². The van der Waals surface area contributed by atoms with Crippen LogP contribution in [-0.4, -0.2) is 22.1 Å². The molecule has 2 aromatic rings. The maximum Gasteiger partial charge on any atom is 0.329 e. The number of hydrogen-bond donors (Lipinski definition) is 2. The highest BCUT2D eigenvalue weighted by atomic mass is 16.7. The van der Waals surface area contributed by atoms with Gasteiger partial charge >= 0.3 is 5.69 Å². The number of carbonyl (C=O) groups is 1. The maximum absolute atomic E-state index is 13.2. The molecule has 1 aromatic heterocycles. The Morgan fingerprint density at radius 2 is 1.86 bits per heavy atom. The lowest BCUT2D eigenvalue weighted by molar-refractivity contribution is -0.118. The van der Waals surface area contributed by atoms with Crippen LogP contribution in [0.2, 0.25) is 0 Å². The SMILES string of the molecule is Cn1c2c(c(=O)[nH]c1=O)[C@@H](c1ccc3c(c1)OCO3)C1=C(CC(C)(C)CC1=O)N2. The number of Topliss-reactive ketones (excluding diaryl/α,β-unsaturated/α-hetero) is 1. The summed E-state index contributed by atoms with van der Waals surface area (Å²) in [5.74, 6) is 1.04. The third-order valence-corrected chi connectivity index (χ3v) is 5.86. The molecule has 0 fully saturated rings. The molecule has 1 aliphatic carbocycles. The van der Waals surface area contributed by atoms with Gasteiger partial charge in [-0.3, -0.25) is 19.1 Å². The smallest absolute Gasteiger partial charge is 0.329 e. The third kappa shape index (κ3) is 2.62. The molecule has 0 saturated carbocycles. The zero-order chi connectivity index (χ0) is 20.5. The zero-order valence-corrected chi connectivity index (χ0v) is 16.4. The standard InChI is InChI=1S/C21H21N3O5/c1-21(2)7-11-16(12(25)8-21)15(10-4-5-13-14(6-10)29-9-28-13)17-18(22-11)24(3)20(27)23-19(17)26/h4-6,15,22H,7-9H2,1-3H3,(H,23,26,27)/t15-/m0/s1. The summed E-state index contributed by atoms with van der Waals surface area (Å²) >= 11 is 0. The van der Waals surface area contributed by atoms with Crippen molar-refractivity contribution in [2.45, 2.75) is 32.6 Å². The van der Waals surface area contributed by atoms with Crippen molar-refractivity contribution in [3.05, 3.63) is 61.4 Å². The van der Waals surface area contributed by atoms with Crippen LogP contribution in [0.1, 0.15) is 43.7 Å². The van der Waals surface area contributed by atoms with Crippen molar-refractivity contribution in [2.75, 3.05) is 12.1 Å². The van der Waals surface area contributed by atoms with E-state index in [1.807, 2.05) is 26.0 Å². The first-order valence-electron chi connectivity index (χ1n) is 9.51. The second kappa shape index (κ2) is 5.85. The lowest BCUT2D eigenvalue weighted by Gasteiger charge is -2.39. The Labute approximate surface area is 166 Å². The van der Waals surface area contributed by atoms with E-state index in [1.54, 1.807) is 13.1 Å². The molecule has 1 atom stereocenters. The molecule has 5 rings (SSSR count). The summed E-state index contributed by atoms with van der Waals surface area (Å²) in [6.07, 6.45) is 1.04. The predicted molar refractivity (Wildman–Crippen MR) is 105 cm³/mol. The normalized spacial score (nSPS) is 21.5. The number of nitrogens with one attached hydrogen (secondary N) is 2. The van der Waals surface area contributed by atoms with E-state index in [-0.39, 0.29) is 18.0 Å². The van der Waals surface area contributed by atoms with E-state index in [2.05, 4.69) is 10.3 Å². The fourth-order valence-electron chi connectivity index (χ4n) is 4.55. The molecular formula is C21H21N3O5. The number of carbonyl (C=O) groups excluding carboxylic acids is 1. The van der Waals surface area contributed by atoms with Crippen LogP contribution in [0.15, 0.2) is 39.1 Å². The summed E-state index contributed by atoms with van der Waals surface area (Å²) in [5, 5.41) is 3.23. The Balaban J connectivity index is 1.80. The van der Waals surface area contributed by atoms with E-state index >= 15 is 0 Å². The number of allylic oxidation sites excluding steroid dienone is 2. The Morgan fingerprint density at radius 1 is 1.10 bits per heavy atom. The number of ketones is 1. The molecule has 0 spiro atoms. The maximum atomic E-state index is 13.2. The van der Waals surface area contributed by atoms with Crippen molar-refractivity contribution < 1.29 is 14.3 Å². The predicted octanol–water partition coefficient (Wildman–Crippen LogP) is 2.00. The molecule has 3 heterocycles. The number of H-pyrrole nitrogens is 1. The number of benzene rings is 1. The van der Waals surface area contributed by atoms with Crippen molar-refractivity contribution >= 4 is 11.6 Å². The quantitative estimate of drug-likeness (QED) is 0.766. The van der Waals surface area contributed by atoms with Gasteiger partial charge in [0.1, 0.15) is 5.82 Å². The van der Waals surface area contributed by atoms with Gasteiger partial charge in [0, 0.05) is 30.7 Å². The van der Waals surface area contributed by atoms with Gasteiger partial charge < -0.3 is 14.8 Å². The Kier molecular flexibility index (Phi) is 3.59. The molecule has 0 amide bonds. The van der Waals surface area contributed by atoms with Gasteiger partial charge in [0.15, 0.2) is 17.3 Å². The van der Waals surface area contributed by atoms with E-state index in [1.165, 1.54) is 4.57 Å². The Hall–Kier alpha value is -3.29. The molecular weight excluding hydrogens is 374 g/mol.